The maximum atomic E-state index is 14.3. The normalized spacial score (nSPS) is 43.9. The van der Waals surface area contributed by atoms with Crippen molar-refractivity contribution in [2.45, 2.75) is 85.0 Å². The molecule has 0 N–H and O–H groups in total. The van der Waals surface area contributed by atoms with E-state index in [-0.39, 0.29) is 11.8 Å². The lowest BCUT2D eigenvalue weighted by molar-refractivity contribution is 0.0447. The maximum Gasteiger partial charge on any atom is 0.134 e. The molecule has 0 radical (unpaired) electrons. The number of rotatable bonds is 1. The van der Waals surface area contributed by atoms with Gasteiger partial charge in [-0.15, -0.1) is 0 Å². The molecule has 2 heteroatoms. The second-order valence-corrected chi connectivity index (χ2v) is 6.48. The van der Waals surface area contributed by atoms with Crippen LogP contribution in [0.5, 0.6) is 0 Å². The van der Waals surface area contributed by atoms with Crippen LogP contribution in [0.25, 0.3) is 0 Å². The third-order valence-electron chi connectivity index (χ3n) is 5.12. The molecular weight excluding hydrogens is 242 g/mol. The third kappa shape index (κ3) is 4.43. The zero-order chi connectivity index (χ0) is 14.4. The summed E-state index contributed by atoms with van der Waals surface area (Å²) in [5, 5.41) is 0. The summed E-state index contributed by atoms with van der Waals surface area (Å²) in [6, 6.07) is 0. The Labute approximate surface area is 118 Å². The summed E-state index contributed by atoms with van der Waals surface area (Å²) in [7, 11) is 0. The van der Waals surface area contributed by atoms with Crippen LogP contribution in [0.1, 0.15) is 72.6 Å². The number of hydrogen-bond donors (Lipinski definition) is 0. The molecule has 0 aromatic carbocycles. The molecule has 0 bridgehead atoms. The summed E-state index contributed by atoms with van der Waals surface area (Å²) in [6.45, 7) is 8.14. The monoisotopic (exact) mass is 274 g/mol. The van der Waals surface area contributed by atoms with Crippen molar-refractivity contribution in [3.8, 4) is 0 Å². The van der Waals surface area contributed by atoms with Crippen LogP contribution in [0.15, 0.2) is 0 Å². The minimum Gasteiger partial charge on any atom is -0.244 e. The predicted molar refractivity (Wildman–Crippen MR) is 78.8 cm³/mol. The molecule has 2 saturated carbocycles. The summed E-state index contributed by atoms with van der Waals surface area (Å²) in [4.78, 5) is 0. The average molecular weight is 274 g/mol. The van der Waals surface area contributed by atoms with E-state index in [1.807, 2.05) is 20.8 Å². The molecule has 0 aliphatic heterocycles. The second-order valence-electron chi connectivity index (χ2n) is 6.48. The first kappa shape index (κ1) is 16.9. The lowest BCUT2D eigenvalue weighted by Gasteiger charge is -2.34. The van der Waals surface area contributed by atoms with Crippen LogP contribution < -0.4 is 0 Å². The molecule has 2 aliphatic carbocycles. The Morgan fingerprint density at radius 2 is 1.32 bits per heavy atom. The van der Waals surface area contributed by atoms with Gasteiger partial charge < -0.3 is 0 Å². The fraction of sp³-hybridized carbons (Fsp3) is 1.00. The lowest BCUT2D eigenvalue weighted by atomic mass is 9.73. The van der Waals surface area contributed by atoms with Crippen molar-refractivity contribution in [2.24, 2.45) is 23.7 Å². The Hall–Kier alpha value is -0.140. The molecule has 0 saturated heterocycles. The summed E-state index contributed by atoms with van der Waals surface area (Å²) >= 11 is 0. The highest BCUT2D eigenvalue weighted by molar-refractivity contribution is 4.89. The zero-order valence-electron chi connectivity index (χ0n) is 13.2. The molecule has 4 unspecified atom stereocenters. The molecular formula is C17H32F2. The fourth-order valence-electron chi connectivity index (χ4n) is 3.75. The van der Waals surface area contributed by atoms with Gasteiger partial charge in [0.1, 0.15) is 12.3 Å². The van der Waals surface area contributed by atoms with E-state index in [4.69, 9.17) is 0 Å². The molecule has 0 heterocycles. The Morgan fingerprint density at radius 3 is 1.89 bits per heavy atom. The van der Waals surface area contributed by atoms with Crippen molar-refractivity contribution in [2.75, 3.05) is 0 Å². The number of alkyl halides is 2. The molecule has 19 heavy (non-hydrogen) atoms. The average Bonchev–Trinajstić information content (AvgIpc) is 2.56. The predicted octanol–water partition coefficient (Wildman–Crippen LogP) is 5.95. The molecule has 114 valence electrons. The highest BCUT2D eigenvalue weighted by atomic mass is 19.2. The van der Waals surface area contributed by atoms with Crippen molar-refractivity contribution >= 4 is 0 Å². The molecule has 2 aliphatic rings. The number of halogens is 2. The molecule has 0 spiro atoms. The van der Waals surface area contributed by atoms with Crippen LogP contribution in [0.4, 0.5) is 8.78 Å². The first-order chi connectivity index (χ1) is 9.09. The van der Waals surface area contributed by atoms with Gasteiger partial charge in [0.2, 0.25) is 0 Å². The smallest absolute Gasteiger partial charge is 0.134 e. The molecule has 2 fully saturated rings. The minimum absolute atomic E-state index is 0.00227. The summed E-state index contributed by atoms with van der Waals surface area (Å²) in [6.07, 6.45) is 5.01. The Bertz CT molecular complexity index is 233. The third-order valence-corrected chi connectivity index (χ3v) is 5.12. The van der Waals surface area contributed by atoms with Gasteiger partial charge in [0.25, 0.3) is 0 Å². The number of hydrogen-bond acceptors (Lipinski definition) is 0. The summed E-state index contributed by atoms with van der Waals surface area (Å²) in [5.41, 5.74) is 0. The largest absolute Gasteiger partial charge is 0.244 e. The molecule has 0 amide bonds. The van der Waals surface area contributed by atoms with Crippen LogP contribution in [0.3, 0.4) is 0 Å². The van der Waals surface area contributed by atoms with Crippen molar-refractivity contribution < 1.29 is 8.78 Å². The van der Waals surface area contributed by atoms with Crippen molar-refractivity contribution in [3.63, 3.8) is 0 Å². The standard InChI is InChI=1S/C15H26F2.C2H6/c1-10-6-8-12(9-7-10)13-5-3-4-11(2)14(16)15(13)17;1-2/h10-15H,3-9H2,1-2H3;1-2H3. The minimum atomic E-state index is -1.22. The van der Waals surface area contributed by atoms with Gasteiger partial charge >= 0.3 is 0 Å². The Morgan fingerprint density at radius 1 is 0.737 bits per heavy atom. The Balaban J connectivity index is 0.000000861. The van der Waals surface area contributed by atoms with Gasteiger partial charge in [-0.2, -0.15) is 0 Å². The first-order valence-electron chi connectivity index (χ1n) is 8.37. The van der Waals surface area contributed by atoms with E-state index in [1.165, 1.54) is 12.8 Å². The van der Waals surface area contributed by atoms with Gasteiger partial charge in [-0.25, -0.2) is 8.78 Å². The van der Waals surface area contributed by atoms with E-state index in [0.29, 0.717) is 5.92 Å². The summed E-state index contributed by atoms with van der Waals surface area (Å²) in [5.74, 6) is 1.15. The van der Waals surface area contributed by atoms with Gasteiger partial charge in [0, 0.05) is 0 Å². The van der Waals surface area contributed by atoms with Gasteiger partial charge in [-0.05, 0) is 49.4 Å². The quantitative estimate of drug-likeness (QED) is 0.518. The molecule has 0 aromatic rings. The van der Waals surface area contributed by atoms with E-state index < -0.39 is 12.3 Å². The van der Waals surface area contributed by atoms with Crippen LogP contribution in [-0.4, -0.2) is 12.3 Å². The highest BCUT2D eigenvalue weighted by Gasteiger charge is 2.40. The van der Waals surface area contributed by atoms with E-state index >= 15 is 0 Å². The van der Waals surface area contributed by atoms with Crippen molar-refractivity contribution in [1.82, 2.24) is 0 Å². The maximum absolute atomic E-state index is 14.3. The van der Waals surface area contributed by atoms with Crippen LogP contribution in [-0.2, 0) is 0 Å². The summed E-state index contributed by atoms with van der Waals surface area (Å²) < 4.78 is 28.2. The van der Waals surface area contributed by atoms with E-state index in [2.05, 4.69) is 6.92 Å². The van der Waals surface area contributed by atoms with Crippen LogP contribution in [0.2, 0.25) is 0 Å². The van der Waals surface area contributed by atoms with Crippen LogP contribution in [0, 0.1) is 23.7 Å². The molecule has 4 atom stereocenters. The van der Waals surface area contributed by atoms with E-state index in [9.17, 15) is 8.78 Å². The van der Waals surface area contributed by atoms with Gasteiger partial charge in [-0.1, -0.05) is 47.0 Å². The Kier molecular flexibility index (Phi) is 7.31. The SMILES string of the molecule is CC.CC1CCC(C2CCCC(C)C(F)C2F)CC1. The van der Waals surface area contributed by atoms with Gasteiger partial charge in [-0.3, -0.25) is 0 Å². The van der Waals surface area contributed by atoms with Gasteiger partial charge in [0.05, 0.1) is 0 Å². The van der Waals surface area contributed by atoms with E-state index in [0.717, 1.165) is 38.0 Å². The second kappa shape index (κ2) is 8.21. The molecule has 0 nitrogen and oxygen atoms in total. The first-order valence-corrected chi connectivity index (χ1v) is 8.37. The van der Waals surface area contributed by atoms with Crippen molar-refractivity contribution in [3.05, 3.63) is 0 Å². The van der Waals surface area contributed by atoms with Gasteiger partial charge in [0.15, 0.2) is 0 Å². The zero-order valence-corrected chi connectivity index (χ0v) is 13.2. The lowest BCUT2D eigenvalue weighted by Crippen LogP contribution is -2.34. The fourth-order valence-corrected chi connectivity index (χ4v) is 3.75. The molecule has 0 aromatic heterocycles. The van der Waals surface area contributed by atoms with E-state index in [1.54, 1.807) is 0 Å². The van der Waals surface area contributed by atoms with Crippen molar-refractivity contribution in [1.29, 1.82) is 0 Å². The van der Waals surface area contributed by atoms with Crippen LogP contribution >= 0.6 is 0 Å². The molecule has 2 rings (SSSR count). The highest BCUT2D eigenvalue weighted by Crippen LogP contribution is 2.42. The topological polar surface area (TPSA) is 0 Å².